The molecule has 0 radical (unpaired) electrons. The maximum absolute atomic E-state index is 13.5. The van der Waals surface area contributed by atoms with E-state index in [2.05, 4.69) is 10.6 Å². The zero-order chi connectivity index (χ0) is 18.2. The highest BCUT2D eigenvalue weighted by Gasteiger charge is 2.09. The Hall–Kier alpha value is -2.87. The van der Waals surface area contributed by atoms with Gasteiger partial charge in [-0.05, 0) is 29.8 Å². The van der Waals surface area contributed by atoms with Gasteiger partial charge in [0.1, 0.15) is 18.2 Å². The minimum absolute atomic E-state index is 0.122. The zero-order valence-corrected chi connectivity index (χ0v) is 13.5. The number of hydrogen-bond donors (Lipinski definition) is 3. The highest BCUT2D eigenvalue weighted by molar-refractivity contribution is 5.89. The first-order valence-electron chi connectivity index (χ1n) is 7.44. The lowest BCUT2D eigenvalue weighted by Crippen LogP contribution is -2.28. The lowest BCUT2D eigenvalue weighted by Gasteiger charge is -2.12. The Labute approximate surface area is 143 Å². The number of carbonyl (C=O) groups is 1. The van der Waals surface area contributed by atoms with Gasteiger partial charge in [0, 0.05) is 12.6 Å². The number of carbonyl (C=O) groups excluding carboxylic acids is 1. The fraction of sp³-hybridized carbons (Fsp3) is 0.235. The fourth-order valence-corrected chi connectivity index (χ4v) is 2.04. The lowest BCUT2D eigenvalue weighted by atomic mass is 10.2. The molecule has 0 atom stereocenters. The van der Waals surface area contributed by atoms with E-state index in [0.717, 1.165) is 18.2 Å². The summed E-state index contributed by atoms with van der Waals surface area (Å²) >= 11 is 0. The summed E-state index contributed by atoms with van der Waals surface area (Å²) in [6.07, 6.45) is 0. The van der Waals surface area contributed by atoms with Crippen molar-refractivity contribution in [2.45, 2.75) is 6.54 Å². The van der Waals surface area contributed by atoms with Gasteiger partial charge >= 0.3 is 6.03 Å². The first-order chi connectivity index (χ1) is 12.0. The normalized spacial score (nSPS) is 10.2. The van der Waals surface area contributed by atoms with E-state index in [1.807, 2.05) is 0 Å². The van der Waals surface area contributed by atoms with Crippen molar-refractivity contribution < 1.29 is 28.2 Å². The van der Waals surface area contributed by atoms with Crippen molar-refractivity contribution in [1.29, 1.82) is 0 Å². The van der Waals surface area contributed by atoms with Crippen molar-refractivity contribution in [2.24, 2.45) is 0 Å². The smallest absolute Gasteiger partial charge is 0.319 e. The number of hydrogen-bond acceptors (Lipinski definition) is 4. The third-order valence-electron chi connectivity index (χ3n) is 3.21. The number of rotatable bonds is 7. The van der Waals surface area contributed by atoms with E-state index >= 15 is 0 Å². The van der Waals surface area contributed by atoms with Gasteiger partial charge in [-0.25, -0.2) is 13.6 Å². The second-order valence-electron chi connectivity index (χ2n) is 4.99. The summed E-state index contributed by atoms with van der Waals surface area (Å²) in [6, 6.07) is 7.13. The van der Waals surface area contributed by atoms with Gasteiger partial charge in [0.25, 0.3) is 0 Å². The van der Waals surface area contributed by atoms with Crippen LogP contribution in [0, 0.1) is 11.6 Å². The number of aliphatic hydroxyl groups is 1. The SMILES string of the molecule is COc1cc(CNC(=O)Nc2cc(F)ccc2F)ccc1OCCO. The van der Waals surface area contributed by atoms with Crippen LogP contribution in [-0.4, -0.2) is 31.5 Å². The van der Waals surface area contributed by atoms with Crippen molar-refractivity contribution in [2.75, 3.05) is 25.6 Å². The molecular formula is C17H18F2N2O4. The van der Waals surface area contributed by atoms with Gasteiger partial charge in [-0.15, -0.1) is 0 Å². The Morgan fingerprint density at radius 2 is 1.96 bits per heavy atom. The molecule has 25 heavy (non-hydrogen) atoms. The molecule has 2 aromatic carbocycles. The van der Waals surface area contributed by atoms with Crippen molar-refractivity contribution in [1.82, 2.24) is 5.32 Å². The highest BCUT2D eigenvalue weighted by Crippen LogP contribution is 2.28. The van der Waals surface area contributed by atoms with Crippen molar-refractivity contribution >= 4 is 11.7 Å². The molecule has 2 amide bonds. The van der Waals surface area contributed by atoms with Crippen LogP contribution in [0.15, 0.2) is 36.4 Å². The standard InChI is InChI=1S/C17H18F2N2O4/c1-24-16-8-11(2-5-15(16)25-7-6-22)10-20-17(23)21-14-9-12(18)3-4-13(14)19/h2-5,8-9,22H,6-7,10H2,1H3,(H2,20,21,23). The van der Waals surface area contributed by atoms with Gasteiger partial charge in [0.15, 0.2) is 11.5 Å². The molecule has 0 fully saturated rings. The molecule has 8 heteroatoms. The molecule has 0 aliphatic carbocycles. The van der Waals surface area contributed by atoms with Crippen LogP contribution in [0.5, 0.6) is 11.5 Å². The zero-order valence-electron chi connectivity index (χ0n) is 13.5. The van der Waals surface area contributed by atoms with Gasteiger partial charge < -0.3 is 25.2 Å². The van der Waals surface area contributed by atoms with Gasteiger partial charge in [-0.1, -0.05) is 6.07 Å². The summed E-state index contributed by atoms with van der Waals surface area (Å²) in [6.45, 7) is 0.151. The number of halogens is 2. The number of benzene rings is 2. The number of aliphatic hydroxyl groups excluding tert-OH is 1. The number of amides is 2. The predicted octanol–water partition coefficient (Wildman–Crippen LogP) is 2.67. The molecule has 0 spiro atoms. The summed E-state index contributed by atoms with van der Waals surface area (Å²) in [4.78, 5) is 11.8. The number of anilines is 1. The van der Waals surface area contributed by atoms with Crippen LogP contribution in [0.2, 0.25) is 0 Å². The van der Waals surface area contributed by atoms with E-state index in [1.165, 1.54) is 7.11 Å². The molecule has 0 aliphatic rings. The maximum Gasteiger partial charge on any atom is 0.319 e. The molecule has 0 bridgehead atoms. The summed E-state index contributed by atoms with van der Waals surface area (Å²) in [5.74, 6) is -0.473. The fourth-order valence-electron chi connectivity index (χ4n) is 2.04. The Balaban J connectivity index is 1.96. The summed E-state index contributed by atoms with van der Waals surface area (Å²) in [5.41, 5.74) is 0.464. The van der Waals surface area contributed by atoms with Crippen molar-refractivity contribution in [3.8, 4) is 11.5 Å². The van der Waals surface area contributed by atoms with E-state index < -0.39 is 17.7 Å². The average molecular weight is 352 g/mol. The molecule has 0 heterocycles. The van der Waals surface area contributed by atoms with Crippen LogP contribution in [0.1, 0.15) is 5.56 Å². The third kappa shape index (κ3) is 5.32. The third-order valence-corrected chi connectivity index (χ3v) is 3.21. The van der Waals surface area contributed by atoms with Crippen LogP contribution < -0.4 is 20.1 Å². The van der Waals surface area contributed by atoms with E-state index in [-0.39, 0.29) is 25.4 Å². The number of methoxy groups -OCH3 is 1. The summed E-state index contributed by atoms with van der Waals surface area (Å²) in [7, 11) is 1.47. The predicted molar refractivity (Wildman–Crippen MR) is 87.8 cm³/mol. The molecular weight excluding hydrogens is 334 g/mol. The Morgan fingerprint density at radius 1 is 1.16 bits per heavy atom. The second kappa shape index (κ2) is 8.84. The van der Waals surface area contributed by atoms with Crippen molar-refractivity contribution in [3.63, 3.8) is 0 Å². The van der Waals surface area contributed by atoms with E-state index in [9.17, 15) is 13.6 Å². The molecule has 2 rings (SSSR count). The van der Waals surface area contributed by atoms with Gasteiger partial charge in [-0.3, -0.25) is 0 Å². The first kappa shape index (κ1) is 18.5. The average Bonchev–Trinajstić information content (AvgIpc) is 2.61. The molecule has 0 saturated carbocycles. The van der Waals surface area contributed by atoms with Crippen molar-refractivity contribution in [3.05, 3.63) is 53.6 Å². The van der Waals surface area contributed by atoms with E-state index in [1.54, 1.807) is 18.2 Å². The van der Waals surface area contributed by atoms with Gasteiger partial charge in [-0.2, -0.15) is 0 Å². The monoisotopic (exact) mass is 352 g/mol. The molecule has 0 aromatic heterocycles. The molecule has 6 nitrogen and oxygen atoms in total. The maximum atomic E-state index is 13.5. The largest absolute Gasteiger partial charge is 0.493 e. The molecule has 0 unspecified atom stereocenters. The van der Waals surface area contributed by atoms with Crippen LogP contribution in [0.25, 0.3) is 0 Å². The summed E-state index contributed by atoms with van der Waals surface area (Å²) < 4.78 is 37.1. The Kier molecular flexibility index (Phi) is 6.53. The Bertz CT molecular complexity index is 741. The quantitative estimate of drug-likeness (QED) is 0.716. The van der Waals surface area contributed by atoms with Gasteiger partial charge in [0.05, 0.1) is 19.4 Å². The molecule has 0 aliphatic heterocycles. The minimum Gasteiger partial charge on any atom is -0.493 e. The lowest BCUT2D eigenvalue weighted by molar-refractivity contribution is 0.196. The topological polar surface area (TPSA) is 79.8 Å². The number of ether oxygens (including phenoxy) is 2. The van der Waals surface area contributed by atoms with Gasteiger partial charge in [0.2, 0.25) is 0 Å². The van der Waals surface area contributed by atoms with Crippen LogP contribution in [0.4, 0.5) is 19.3 Å². The van der Waals surface area contributed by atoms with Crippen LogP contribution >= 0.6 is 0 Å². The Morgan fingerprint density at radius 3 is 2.68 bits per heavy atom. The number of nitrogens with one attached hydrogen (secondary N) is 2. The second-order valence-corrected chi connectivity index (χ2v) is 4.99. The molecule has 0 saturated heterocycles. The van der Waals surface area contributed by atoms with E-state index in [0.29, 0.717) is 17.1 Å². The molecule has 3 N–H and O–H groups in total. The minimum atomic E-state index is -0.733. The van der Waals surface area contributed by atoms with Crippen LogP contribution in [-0.2, 0) is 6.54 Å². The van der Waals surface area contributed by atoms with E-state index in [4.69, 9.17) is 14.6 Å². The molecule has 134 valence electrons. The molecule has 2 aromatic rings. The number of urea groups is 1. The highest BCUT2D eigenvalue weighted by atomic mass is 19.1. The summed E-state index contributed by atoms with van der Waals surface area (Å²) in [5, 5.41) is 13.6. The van der Waals surface area contributed by atoms with Crippen LogP contribution in [0.3, 0.4) is 0 Å². The first-order valence-corrected chi connectivity index (χ1v) is 7.44.